The first-order valence-electron chi connectivity index (χ1n) is 11.4. The maximum atomic E-state index is 12.9. The predicted octanol–water partition coefficient (Wildman–Crippen LogP) is 3.27. The van der Waals surface area contributed by atoms with Gasteiger partial charge in [-0.05, 0) is 60.0 Å². The van der Waals surface area contributed by atoms with Gasteiger partial charge in [-0.3, -0.25) is 9.69 Å². The summed E-state index contributed by atoms with van der Waals surface area (Å²) in [7, 11) is 0. The van der Waals surface area contributed by atoms with Crippen molar-refractivity contribution in [3.05, 3.63) is 51.6 Å². The Hall–Kier alpha value is -2.58. The number of aromatic nitrogens is 5. The molecule has 0 unspecified atom stereocenters. The number of aliphatic hydroxyl groups excluding tert-OH is 1. The molecule has 2 N–H and O–H groups in total. The number of H-pyrrole nitrogens is 1. The molecule has 31 heavy (non-hydrogen) atoms. The van der Waals surface area contributed by atoms with Gasteiger partial charge in [-0.1, -0.05) is 38.0 Å². The van der Waals surface area contributed by atoms with Crippen molar-refractivity contribution in [1.82, 2.24) is 30.1 Å². The van der Waals surface area contributed by atoms with Crippen LogP contribution in [0.25, 0.3) is 10.9 Å². The second-order valence-electron chi connectivity index (χ2n) is 8.55. The number of hydrogen-bond acceptors (Lipinski definition) is 6. The molecule has 1 saturated carbocycles. The van der Waals surface area contributed by atoms with Gasteiger partial charge in [0.1, 0.15) is 0 Å². The Kier molecular flexibility index (Phi) is 6.77. The molecular weight excluding hydrogens is 392 g/mol. The smallest absolute Gasteiger partial charge is 0.252 e. The number of tetrazole rings is 1. The quantitative estimate of drug-likeness (QED) is 0.547. The Morgan fingerprint density at radius 1 is 1.32 bits per heavy atom. The topological polar surface area (TPSA) is 99.9 Å². The van der Waals surface area contributed by atoms with Crippen molar-refractivity contribution < 1.29 is 5.11 Å². The van der Waals surface area contributed by atoms with Crippen molar-refractivity contribution in [2.24, 2.45) is 0 Å². The van der Waals surface area contributed by atoms with Crippen LogP contribution in [0.15, 0.2) is 29.1 Å². The van der Waals surface area contributed by atoms with Crippen molar-refractivity contribution in [2.45, 2.75) is 71.0 Å². The van der Waals surface area contributed by atoms with E-state index in [1.54, 1.807) is 0 Å². The van der Waals surface area contributed by atoms with Crippen LogP contribution in [0.5, 0.6) is 0 Å². The molecule has 166 valence electrons. The summed E-state index contributed by atoms with van der Waals surface area (Å²) in [6.45, 7) is 5.38. The Balaban J connectivity index is 1.67. The van der Waals surface area contributed by atoms with E-state index in [9.17, 15) is 9.90 Å². The molecule has 2 aromatic heterocycles. The highest BCUT2D eigenvalue weighted by molar-refractivity contribution is 5.81. The van der Waals surface area contributed by atoms with Crippen molar-refractivity contribution in [2.75, 3.05) is 13.2 Å². The summed E-state index contributed by atoms with van der Waals surface area (Å²) in [5.41, 5.74) is 2.59. The summed E-state index contributed by atoms with van der Waals surface area (Å²) >= 11 is 0. The maximum Gasteiger partial charge on any atom is 0.252 e. The average Bonchev–Trinajstić information content (AvgIpc) is 3.45. The first-order valence-corrected chi connectivity index (χ1v) is 11.4. The molecule has 0 saturated heterocycles. The van der Waals surface area contributed by atoms with E-state index in [1.807, 2.05) is 35.9 Å². The Labute approximate surface area is 182 Å². The molecule has 1 aromatic carbocycles. The third-order valence-electron chi connectivity index (χ3n) is 6.46. The van der Waals surface area contributed by atoms with E-state index < -0.39 is 0 Å². The van der Waals surface area contributed by atoms with E-state index in [2.05, 4.69) is 32.3 Å². The van der Waals surface area contributed by atoms with Gasteiger partial charge in [0, 0.05) is 25.3 Å². The number of nitrogens with one attached hydrogen (secondary N) is 1. The number of aliphatic hydroxyl groups is 1. The van der Waals surface area contributed by atoms with Crippen LogP contribution < -0.4 is 5.56 Å². The SMILES string of the molecule is CC[C@H](c1nnnn1C1CCCC1)N(CCCO)Cc1cc2cccc(C)c2[nH]c1=O. The van der Waals surface area contributed by atoms with E-state index in [0.717, 1.165) is 47.1 Å². The summed E-state index contributed by atoms with van der Waals surface area (Å²) in [5, 5.41) is 23.2. The summed E-state index contributed by atoms with van der Waals surface area (Å²) in [5.74, 6) is 0.861. The number of para-hydroxylation sites is 1. The van der Waals surface area contributed by atoms with Crippen molar-refractivity contribution in [3.63, 3.8) is 0 Å². The molecule has 1 fully saturated rings. The van der Waals surface area contributed by atoms with Gasteiger partial charge in [0.25, 0.3) is 5.56 Å². The van der Waals surface area contributed by atoms with Crippen LogP contribution >= 0.6 is 0 Å². The molecule has 1 aliphatic carbocycles. The number of aromatic amines is 1. The third kappa shape index (κ3) is 4.55. The minimum atomic E-state index is -0.0685. The molecule has 0 radical (unpaired) electrons. The monoisotopic (exact) mass is 424 g/mol. The van der Waals surface area contributed by atoms with Crippen molar-refractivity contribution in [1.29, 1.82) is 0 Å². The first kappa shape index (κ1) is 21.6. The second kappa shape index (κ2) is 9.70. The Morgan fingerprint density at radius 2 is 2.13 bits per heavy atom. The normalized spacial score (nSPS) is 15.9. The van der Waals surface area contributed by atoms with E-state index in [-0.39, 0.29) is 18.2 Å². The zero-order valence-electron chi connectivity index (χ0n) is 18.4. The van der Waals surface area contributed by atoms with Crippen LogP contribution in [-0.4, -0.2) is 48.3 Å². The third-order valence-corrected chi connectivity index (χ3v) is 6.46. The van der Waals surface area contributed by atoms with Crippen LogP contribution in [0.3, 0.4) is 0 Å². The van der Waals surface area contributed by atoms with Gasteiger partial charge < -0.3 is 10.1 Å². The highest BCUT2D eigenvalue weighted by Crippen LogP contribution is 2.33. The summed E-state index contributed by atoms with van der Waals surface area (Å²) < 4.78 is 2.00. The summed E-state index contributed by atoms with van der Waals surface area (Å²) in [6, 6.07) is 8.35. The minimum absolute atomic E-state index is 0.0187. The number of aryl methyl sites for hydroxylation is 1. The van der Waals surface area contributed by atoms with E-state index >= 15 is 0 Å². The number of fused-ring (bicyclic) bond motifs is 1. The molecule has 8 nitrogen and oxygen atoms in total. The number of benzene rings is 1. The molecule has 4 rings (SSSR count). The van der Waals surface area contributed by atoms with Gasteiger partial charge in [0.05, 0.1) is 17.6 Å². The molecule has 0 amide bonds. The maximum absolute atomic E-state index is 12.9. The standard InChI is InChI=1S/C23H32N6O2/c1-3-20(22-25-26-27-29(22)19-10-4-5-11-19)28(12-7-13-30)15-18-14-17-9-6-8-16(2)21(17)24-23(18)31/h6,8-9,14,19-20,30H,3-5,7,10-13,15H2,1-2H3,(H,24,31)/t20-/m1/s1. The lowest BCUT2D eigenvalue weighted by atomic mass is 10.1. The highest BCUT2D eigenvalue weighted by Gasteiger charge is 2.29. The number of rotatable bonds is 9. The van der Waals surface area contributed by atoms with Gasteiger partial charge in [-0.2, -0.15) is 0 Å². The van der Waals surface area contributed by atoms with Crippen LogP contribution in [0, 0.1) is 6.92 Å². The number of nitrogens with zero attached hydrogens (tertiary/aromatic N) is 5. The van der Waals surface area contributed by atoms with Crippen LogP contribution in [0.4, 0.5) is 0 Å². The average molecular weight is 425 g/mol. The fourth-order valence-electron chi connectivity index (χ4n) is 4.82. The van der Waals surface area contributed by atoms with Crippen molar-refractivity contribution >= 4 is 10.9 Å². The van der Waals surface area contributed by atoms with Gasteiger partial charge in [-0.25, -0.2) is 4.68 Å². The number of hydrogen-bond donors (Lipinski definition) is 2. The Morgan fingerprint density at radius 3 is 2.87 bits per heavy atom. The lowest BCUT2D eigenvalue weighted by molar-refractivity contribution is 0.150. The predicted molar refractivity (Wildman–Crippen MR) is 120 cm³/mol. The fourth-order valence-corrected chi connectivity index (χ4v) is 4.82. The van der Waals surface area contributed by atoms with E-state index in [4.69, 9.17) is 0 Å². The molecule has 0 bridgehead atoms. The fraction of sp³-hybridized carbons (Fsp3) is 0.565. The first-order chi connectivity index (χ1) is 15.1. The lowest BCUT2D eigenvalue weighted by Crippen LogP contribution is -2.34. The zero-order valence-corrected chi connectivity index (χ0v) is 18.4. The van der Waals surface area contributed by atoms with E-state index in [1.165, 1.54) is 12.8 Å². The van der Waals surface area contributed by atoms with Crippen LogP contribution in [0.1, 0.15) is 74.5 Å². The molecule has 3 aromatic rings. The zero-order chi connectivity index (χ0) is 21.8. The molecule has 8 heteroatoms. The van der Waals surface area contributed by atoms with E-state index in [0.29, 0.717) is 25.6 Å². The second-order valence-corrected chi connectivity index (χ2v) is 8.55. The van der Waals surface area contributed by atoms with Crippen LogP contribution in [0.2, 0.25) is 0 Å². The lowest BCUT2D eigenvalue weighted by Gasteiger charge is -2.30. The molecule has 2 heterocycles. The molecule has 1 atom stereocenters. The largest absolute Gasteiger partial charge is 0.396 e. The van der Waals surface area contributed by atoms with Gasteiger partial charge in [-0.15, -0.1) is 5.10 Å². The summed E-state index contributed by atoms with van der Waals surface area (Å²) in [4.78, 5) is 18.2. The number of pyridine rings is 1. The Bertz CT molecular complexity index is 1070. The van der Waals surface area contributed by atoms with Gasteiger partial charge in [0.2, 0.25) is 0 Å². The molecule has 0 spiro atoms. The van der Waals surface area contributed by atoms with Gasteiger partial charge >= 0.3 is 0 Å². The minimum Gasteiger partial charge on any atom is -0.396 e. The molecular formula is C23H32N6O2. The highest BCUT2D eigenvalue weighted by atomic mass is 16.3. The van der Waals surface area contributed by atoms with Gasteiger partial charge in [0.15, 0.2) is 5.82 Å². The molecule has 1 aliphatic rings. The molecule has 0 aliphatic heterocycles. The van der Waals surface area contributed by atoms with Crippen LogP contribution in [-0.2, 0) is 6.54 Å². The summed E-state index contributed by atoms with van der Waals surface area (Å²) in [6.07, 6.45) is 6.08. The van der Waals surface area contributed by atoms with Crippen molar-refractivity contribution in [3.8, 4) is 0 Å².